The zero-order valence-corrected chi connectivity index (χ0v) is 16.3. The second-order valence-electron chi connectivity index (χ2n) is 6.91. The van der Waals surface area contributed by atoms with E-state index in [1.54, 1.807) is 24.3 Å². The summed E-state index contributed by atoms with van der Waals surface area (Å²) in [6.07, 6.45) is 2.81. The summed E-state index contributed by atoms with van der Waals surface area (Å²) in [5.41, 5.74) is 2.87. The number of rotatable bonds is 5. The van der Waals surface area contributed by atoms with Crippen LogP contribution < -0.4 is 10.2 Å². The summed E-state index contributed by atoms with van der Waals surface area (Å²) in [4.78, 5) is 14.6. The van der Waals surface area contributed by atoms with E-state index >= 15 is 0 Å². The Labute approximate surface area is 165 Å². The van der Waals surface area contributed by atoms with Crippen molar-refractivity contribution in [2.75, 3.05) is 23.3 Å². The number of phenols is 1. The molecule has 1 saturated heterocycles. The molecule has 1 aromatic carbocycles. The van der Waals surface area contributed by atoms with E-state index in [-0.39, 0.29) is 17.6 Å². The third-order valence-corrected chi connectivity index (χ3v) is 5.27. The number of amides is 1. The van der Waals surface area contributed by atoms with Crippen molar-refractivity contribution in [1.29, 1.82) is 5.26 Å². The summed E-state index contributed by atoms with van der Waals surface area (Å²) in [7, 11) is 0. The van der Waals surface area contributed by atoms with Gasteiger partial charge >= 0.3 is 0 Å². The average Bonchev–Trinajstić information content (AvgIpc) is 2.74. The van der Waals surface area contributed by atoms with Gasteiger partial charge in [0.15, 0.2) is 5.82 Å². The van der Waals surface area contributed by atoms with Gasteiger partial charge in [-0.25, -0.2) is 0 Å². The Morgan fingerprint density at radius 2 is 1.96 bits per heavy atom. The van der Waals surface area contributed by atoms with Crippen LogP contribution in [0.25, 0.3) is 0 Å². The maximum absolute atomic E-state index is 12.5. The molecule has 7 nitrogen and oxygen atoms in total. The van der Waals surface area contributed by atoms with Crippen molar-refractivity contribution < 1.29 is 9.90 Å². The van der Waals surface area contributed by atoms with Gasteiger partial charge in [0.25, 0.3) is 0 Å². The first kappa shape index (κ1) is 19.6. The molecule has 0 saturated carbocycles. The van der Waals surface area contributed by atoms with Crippen molar-refractivity contribution in [3.8, 4) is 11.8 Å². The molecule has 0 atom stereocenters. The summed E-state index contributed by atoms with van der Waals surface area (Å²) in [5, 5.41) is 31.0. The Kier molecular flexibility index (Phi) is 6.09. The van der Waals surface area contributed by atoms with E-state index in [4.69, 9.17) is 0 Å². The first-order valence-electron chi connectivity index (χ1n) is 9.71. The van der Waals surface area contributed by atoms with Crippen LogP contribution in [0.4, 0.5) is 11.5 Å². The minimum absolute atomic E-state index is 0.0605. The number of carbonyl (C=O) groups excluding carboxylic acids is 1. The van der Waals surface area contributed by atoms with Gasteiger partial charge in [0.2, 0.25) is 5.91 Å². The highest BCUT2D eigenvalue weighted by Crippen LogP contribution is 2.29. The van der Waals surface area contributed by atoms with Crippen molar-refractivity contribution >= 4 is 17.4 Å². The van der Waals surface area contributed by atoms with Gasteiger partial charge in [-0.1, -0.05) is 26.0 Å². The Hall–Kier alpha value is -3.14. The third-order valence-electron chi connectivity index (χ3n) is 5.27. The van der Waals surface area contributed by atoms with Crippen LogP contribution in [0.15, 0.2) is 24.3 Å². The summed E-state index contributed by atoms with van der Waals surface area (Å²) >= 11 is 0. The smallest absolute Gasteiger partial charge is 0.227 e. The molecule has 0 unspecified atom stereocenters. The minimum atomic E-state index is -0.144. The zero-order valence-electron chi connectivity index (χ0n) is 16.3. The van der Waals surface area contributed by atoms with Gasteiger partial charge in [-0.3, -0.25) is 4.79 Å². The number of nitriles is 1. The molecule has 0 aliphatic carbocycles. The van der Waals surface area contributed by atoms with Gasteiger partial charge in [0.05, 0.1) is 11.4 Å². The Balaban J connectivity index is 1.70. The molecular formula is C21H25N5O2. The monoisotopic (exact) mass is 379 g/mol. The molecule has 1 aliphatic rings. The Bertz CT molecular complexity index is 898. The second-order valence-corrected chi connectivity index (χ2v) is 6.91. The van der Waals surface area contributed by atoms with E-state index in [0.717, 1.165) is 24.1 Å². The fourth-order valence-electron chi connectivity index (χ4n) is 3.67. The van der Waals surface area contributed by atoms with Crippen LogP contribution in [0.2, 0.25) is 0 Å². The van der Waals surface area contributed by atoms with E-state index in [9.17, 15) is 15.2 Å². The summed E-state index contributed by atoms with van der Waals surface area (Å²) in [6, 6.07) is 9.02. The first-order chi connectivity index (χ1) is 13.6. The number of benzene rings is 1. The van der Waals surface area contributed by atoms with Crippen molar-refractivity contribution in [2.45, 2.75) is 39.5 Å². The summed E-state index contributed by atoms with van der Waals surface area (Å²) in [6.45, 7) is 5.31. The van der Waals surface area contributed by atoms with Gasteiger partial charge in [0, 0.05) is 19.0 Å². The highest BCUT2D eigenvalue weighted by atomic mass is 16.3. The van der Waals surface area contributed by atoms with Crippen molar-refractivity contribution in [3.63, 3.8) is 0 Å². The number of nitrogens with one attached hydrogen (secondary N) is 1. The molecule has 2 heterocycles. The molecule has 2 aromatic rings. The van der Waals surface area contributed by atoms with E-state index < -0.39 is 0 Å². The topological polar surface area (TPSA) is 102 Å². The molecular weight excluding hydrogens is 354 g/mol. The number of aromatic hydroxyl groups is 1. The fraction of sp³-hybridized carbons (Fsp3) is 0.429. The number of aromatic nitrogens is 2. The van der Waals surface area contributed by atoms with Gasteiger partial charge in [0.1, 0.15) is 17.4 Å². The lowest BCUT2D eigenvalue weighted by Gasteiger charge is -2.32. The van der Waals surface area contributed by atoms with Crippen LogP contribution in [0.3, 0.4) is 0 Å². The lowest BCUT2D eigenvalue weighted by Crippen LogP contribution is -2.39. The Morgan fingerprint density at radius 3 is 2.57 bits per heavy atom. The molecule has 1 fully saturated rings. The van der Waals surface area contributed by atoms with Crippen LogP contribution in [0.1, 0.15) is 43.5 Å². The van der Waals surface area contributed by atoms with Crippen LogP contribution in [-0.4, -0.2) is 34.3 Å². The number of piperidine rings is 1. The molecule has 1 aromatic heterocycles. The van der Waals surface area contributed by atoms with E-state index in [0.29, 0.717) is 43.0 Å². The highest BCUT2D eigenvalue weighted by molar-refractivity contribution is 5.94. The van der Waals surface area contributed by atoms with Gasteiger partial charge in [-0.05, 0) is 43.4 Å². The quantitative estimate of drug-likeness (QED) is 0.774. The predicted molar refractivity (Wildman–Crippen MR) is 107 cm³/mol. The maximum atomic E-state index is 12.5. The lowest BCUT2D eigenvalue weighted by atomic mass is 9.95. The molecule has 3 rings (SSSR count). The molecule has 7 heteroatoms. The number of carbonyl (C=O) groups is 1. The third kappa shape index (κ3) is 3.91. The second kappa shape index (κ2) is 8.70. The van der Waals surface area contributed by atoms with Gasteiger partial charge in [-0.15, -0.1) is 5.10 Å². The standard InChI is InChI=1S/C21H25N5O2/c1-3-15-16(13-22)20(25-24-17(15)4-2)26-11-9-14(10-12-26)21(28)23-18-7-5-6-8-19(18)27/h5-8,14,27H,3-4,9-12H2,1-2H3,(H,23,28). The minimum Gasteiger partial charge on any atom is -0.506 e. The Morgan fingerprint density at radius 1 is 1.25 bits per heavy atom. The van der Waals surface area contributed by atoms with Gasteiger partial charge in [-0.2, -0.15) is 10.4 Å². The number of para-hydroxylation sites is 2. The molecule has 0 bridgehead atoms. The molecule has 28 heavy (non-hydrogen) atoms. The molecule has 0 radical (unpaired) electrons. The predicted octanol–water partition coefficient (Wildman–Crippen LogP) is 3.03. The number of phenolic OH excluding ortho intramolecular Hbond substituents is 1. The summed E-state index contributed by atoms with van der Waals surface area (Å²) in [5.74, 6) is 0.444. The summed E-state index contributed by atoms with van der Waals surface area (Å²) < 4.78 is 0. The number of anilines is 2. The molecule has 0 spiro atoms. The zero-order chi connectivity index (χ0) is 20.1. The number of hydrogen-bond acceptors (Lipinski definition) is 6. The van der Waals surface area contributed by atoms with E-state index in [1.807, 2.05) is 18.7 Å². The number of nitrogens with zero attached hydrogens (tertiary/aromatic N) is 4. The van der Waals surface area contributed by atoms with E-state index in [1.165, 1.54) is 0 Å². The largest absolute Gasteiger partial charge is 0.506 e. The fourth-order valence-corrected chi connectivity index (χ4v) is 3.67. The first-order valence-corrected chi connectivity index (χ1v) is 9.71. The molecule has 2 N–H and O–H groups in total. The van der Waals surface area contributed by atoms with Crippen LogP contribution >= 0.6 is 0 Å². The van der Waals surface area contributed by atoms with E-state index in [2.05, 4.69) is 21.6 Å². The van der Waals surface area contributed by atoms with Gasteiger partial charge < -0.3 is 15.3 Å². The van der Waals surface area contributed by atoms with Crippen LogP contribution in [0, 0.1) is 17.2 Å². The average molecular weight is 379 g/mol. The lowest BCUT2D eigenvalue weighted by molar-refractivity contribution is -0.120. The molecule has 1 amide bonds. The van der Waals surface area contributed by atoms with Crippen molar-refractivity contribution in [1.82, 2.24) is 10.2 Å². The molecule has 146 valence electrons. The molecule has 1 aliphatic heterocycles. The van der Waals surface area contributed by atoms with Crippen LogP contribution in [-0.2, 0) is 17.6 Å². The number of hydrogen-bond donors (Lipinski definition) is 2. The maximum Gasteiger partial charge on any atom is 0.227 e. The van der Waals surface area contributed by atoms with Crippen molar-refractivity contribution in [3.05, 3.63) is 41.1 Å². The normalized spacial score (nSPS) is 14.5. The SMILES string of the molecule is CCc1nnc(N2CCC(C(=O)Nc3ccccc3O)CC2)c(C#N)c1CC. The number of aryl methyl sites for hydroxylation is 1. The highest BCUT2D eigenvalue weighted by Gasteiger charge is 2.28. The van der Waals surface area contributed by atoms with Crippen LogP contribution in [0.5, 0.6) is 5.75 Å². The van der Waals surface area contributed by atoms with Crippen molar-refractivity contribution in [2.24, 2.45) is 5.92 Å².